The van der Waals surface area contributed by atoms with E-state index in [2.05, 4.69) is 15.3 Å². The molecule has 1 aliphatic rings. The Morgan fingerprint density at radius 2 is 2.12 bits per heavy atom. The maximum absolute atomic E-state index is 12.3. The van der Waals surface area contributed by atoms with Gasteiger partial charge in [-0.2, -0.15) is 0 Å². The van der Waals surface area contributed by atoms with E-state index in [0.29, 0.717) is 29.8 Å². The number of carbonyl (C=O) groups excluding carboxylic acids is 1. The normalized spacial score (nSPS) is 20.4. The van der Waals surface area contributed by atoms with Gasteiger partial charge in [-0.25, -0.2) is 14.6 Å². The van der Waals surface area contributed by atoms with E-state index in [4.69, 9.17) is 4.74 Å². The predicted octanol–water partition coefficient (Wildman–Crippen LogP) is 2.93. The molecule has 3 N–H and O–H groups in total. The number of ether oxygens (including phenoxy) is 1. The van der Waals surface area contributed by atoms with Crippen molar-refractivity contribution in [3.63, 3.8) is 0 Å². The van der Waals surface area contributed by atoms with Crippen LogP contribution in [-0.4, -0.2) is 56.8 Å². The maximum atomic E-state index is 12.3. The highest BCUT2D eigenvalue weighted by Gasteiger charge is 2.35. The van der Waals surface area contributed by atoms with Crippen LogP contribution < -0.4 is 5.32 Å². The van der Waals surface area contributed by atoms with Crippen LogP contribution >= 0.6 is 0 Å². The minimum atomic E-state index is -1.04. The van der Waals surface area contributed by atoms with Crippen molar-refractivity contribution >= 4 is 28.8 Å². The van der Waals surface area contributed by atoms with E-state index in [1.807, 2.05) is 27.7 Å². The lowest BCUT2D eigenvalue weighted by atomic mass is 10.0. The van der Waals surface area contributed by atoms with Crippen LogP contribution in [0.2, 0.25) is 0 Å². The number of aromatic nitrogens is 2. The van der Waals surface area contributed by atoms with Crippen molar-refractivity contribution < 1.29 is 19.4 Å². The van der Waals surface area contributed by atoms with E-state index in [9.17, 15) is 14.7 Å². The molecule has 8 heteroatoms. The lowest BCUT2D eigenvalue weighted by Gasteiger charge is -2.24. The van der Waals surface area contributed by atoms with Crippen LogP contribution in [0.15, 0.2) is 18.5 Å². The topological polar surface area (TPSA) is 108 Å². The number of anilines is 1. The molecule has 3 rings (SSSR count). The van der Waals surface area contributed by atoms with Gasteiger partial charge in [-0.1, -0.05) is 6.92 Å². The van der Waals surface area contributed by atoms with Crippen LogP contribution in [0.4, 0.5) is 10.5 Å². The van der Waals surface area contributed by atoms with E-state index >= 15 is 0 Å². The third-order valence-electron chi connectivity index (χ3n) is 4.41. The van der Waals surface area contributed by atoms with Gasteiger partial charge in [0.05, 0.1) is 5.69 Å². The van der Waals surface area contributed by atoms with Gasteiger partial charge in [-0.05, 0) is 32.8 Å². The molecule has 1 amide bonds. The van der Waals surface area contributed by atoms with Crippen LogP contribution in [0, 0.1) is 5.92 Å². The summed E-state index contributed by atoms with van der Waals surface area (Å²) in [5.74, 6) is -0.899. The van der Waals surface area contributed by atoms with Gasteiger partial charge in [0, 0.05) is 36.9 Å². The van der Waals surface area contributed by atoms with Gasteiger partial charge < -0.3 is 25.0 Å². The lowest BCUT2D eigenvalue weighted by molar-refractivity contribution is 0.0288. The molecular weight excluding hydrogens is 336 g/mol. The highest BCUT2D eigenvalue weighted by atomic mass is 16.6. The van der Waals surface area contributed by atoms with Gasteiger partial charge in [-0.3, -0.25) is 0 Å². The fourth-order valence-electron chi connectivity index (χ4n) is 3.14. The molecule has 2 unspecified atom stereocenters. The van der Waals surface area contributed by atoms with Gasteiger partial charge in [0.15, 0.2) is 0 Å². The molecule has 140 valence electrons. The summed E-state index contributed by atoms with van der Waals surface area (Å²) in [5, 5.41) is 13.5. The molecule has 3 heterocycles. The molecule has 1 aliphatic heterocycles. The zero-order chi connectivity index (χ0) is 19.1. The molecular formula is C18H24N4O4. The molecule has 0 radical (unpaired) electrons. The maximum Gasteiger partial charge on any atom is 0.410 e. The number of pyridine rings is 1. The highest BCUT2D eigenvalue weighted by molar-refractivity contribution is 6.03. The van der Waals surface area contributed by atoms with Crippen molar-refractivity contribution in [2.75, 3.05) is 18.4 Å². The second kappa shape index (κ2) is 6.51. The number of nitrogens with one attached hydrogen (secondary N) is 2. The summed E-state index contributed by atoms with van der Waals surface area (Å²) in [6.45, 7) is 8.52. The monoisotopic (exact) mass is 360 g/mol. The molecule has 0 saturated carbocycles. The number of rotatable bonds is 3. The summed E-state index contributed by atoms with van der Waals surface area (Å²) in [6.07, 6.45) is 2.71. The number of nitrogens with zero attached hydrogens (tertiary/aromatic N) is 2. The van der Waals surface area contributed by atoms with Crippen LogP contribution in [0.25, 0.3) is 11.0 Å². The zero-order valence-electron chi connectivity index (χ0n) is 15.4. The Morgan fingerprint density at radius 1 is 1.38 bits per heavy atom. The Morgan fingerprint density at radius 3 is 2.77 bits per heavy atom. The molecule has 2 atom stereocenters. The molecule has 1 saturated heterocycles. The fourth-order valence-corrected chi connectivity index (χ4v) is 3.14. The van der Waals surface area contributed by atoms with Crippen LogP contribution in [0.5, 0.6) is 0 Å². The Balaban J connectivity index is 1.82. The minimum absolute atomic E-state index is 0.0823. The Labute approximate surface area is 151 Å². The summed E-state index contributed by atoms with van der Waals surface area (Å²) in [7, 11) is 0. The summed E-state index contributed by atoms with van der Waals surface area (Å²) in [4.78, 5) is 32.7. The van der Waals surface area contributed by atoms with Crippen LogP contribution in [0.3, 0.4) is 0 Å². The summed E-state index contributed by atoms with van der Waals surface area (Å²) in [5.41, 5.74) is 0.698. The molecule has 8 nitrogen and oxygen atoms in total. The van der Waals surface area contributed by atoms with E-state index in [-0.39, 0.29) is 23.6 Å². The number of carboxylic acid groups (broad SMARTS) is 1. The Bertz CT molecular complexity index is 839. The predicted molar refractivity (Wildman–Crippen MR) is 97.4 cm³/mol. The number of aromatic carboxylic acids is 1. The molecule has 1 fully saturated rings. The van der Waals surface area contributed by atoms with Gasteiger partial charge in [-0.15, -0.1) is 0 Å². The van der Waals surface area contributed by atoms with E-state index in [1.165, 1.54) is 6.20 Å². The van der Waals surface area contributed by atoms with E-state index in [1.54, 1.807) is 17.2 Å². The second-order valence-electron chi connectivity index (χ2n) is 7.71. The lowest BCUT2D eigenvalue weighted by Crippen LogP contribution is -2.36. The largest absolute Gasteiger partial charge is 0.478 e. The van der Waals surface area contributed by atoms with Crippen molar-refractivity contribution in [3.8, 4) is 0 Å². The number of hydrogen-bond acceptors (Lipinski definition) is 5. The molecule has 2 aromatic rings. The third kappa shape index (κ3) is 3.58. The number of likely N-dealkylation sites (tertiary alicyclic amines) is 1. The van der Waals surface area contributed by atoms with Gasteiger partial charge >= 0.3 is 12.1 Å². The average Bonchev–Trinajstić information content (AvgIpc) is 3.13. The number of fused-ring (bicyclic) bond motifs is 1. The second-order valence-corrected chi connectivity index (χ2v) is 7.71. The first-order chi connectivity index (χ1) is 12.2. The number of H-pyrrole nitrogens is 1. The van der Waals surface area contributed by atoms with E-state index in [0.717, 1.165) is 0 Å². The number of aromatic amines is 1. The first kappa shape index (κ1) is 18.0. The van der Waals surface area contributed by atoms with Gasteiger partial charge in [0.25, 0.3) is 0 Å². The standard InChI is InChI=1S/C18H24N4O4/c1-10-8-22(17(25)26-18(2,3)4)9-13(10)21-14-11-5-6-19-15(11)20-7-12(14)16(23)24/h5-7,10,13H,8-9H2,1-4H3,(H,23,24)(H2,19,20,21). The summed E-state index contributed by atoms with van der Waals surface area (Å²) in [6, 6.07) is 1.71. The van der Waals surface area contributed by atoms with Crippen molar-refractivity contribution in [3.05, 3.63) is 24.0 Å². The SMILES string of the molecule is CC1CN(C(=O)OC(C)(C)C)CC1Nc1c(C(=O)O)cnc2[nH]ccc12. The third-order valence-corrected chi connectivity index (χ3v) is 4.41. The van der Waals surface area contributed by atoms with Crippen LogP contribution in [-0.2, 0) is 4.74 Å². The van der Waals surface area contributed by atoms with Gasteiger partial charge in [0.1, 0.15) is 16.8 Å². The number of carboxylic acids is 1. The highest BCUT2D eigenvalue weighted by Crippen LogP contribution is 2.29. The molecule has 0 aliphatic carbocycles. The number of amides is 1. The molecule has 0 bridgehead atoms. The number of carbonyl (C=O) groups is 2. The van der Waals surface area contributed by atoms with Gasteiger partial charge in [0.2, 0.25) is 0 Å². The zero-order valence-corrected chi connectivity index (χ0v) is 15.4. The van der Waals surface area contributed by atoms with Crippen molar-refractivity contribution in [1.82, 2.24) is 14.9 Å². The van der Waals surface area contributed by atoms with E-state index < -0.39 is 11.6 Å². The molecule has 0 aromatic carbocycles. The first-order valence-corrected chi connectivity index (χ1v) is 8.59. The summed E-state index contributed by atoms with van der Waals surface area (Å²) >= 11 is 0. The summed E-state index contributed by atoms with van der Waals surface area (Å²) < 4.78 is 5.44. The van der Waals surface area contributed by atoms with Crippen molar-refractivity contribution in [2.24, 2.45) is 5.92 Å². The molecule has 2 aromatic heterocycles. The van der Waals surface area contributed by atoms with Crippen molar-refractivity contribution in [1.29, 1.82) is 0 Å². The van der Waals surface area contributed by atoms with Crippen molar-refractivity contribution in [2.45, 2.75) is 39.3 Å². The quantitative estimate of drug-likeness (QED) is 0.777. The average molecular weight is 360 g/mol. The van der Waals surface area contributed by atoms with Crippen LogP contribution in [0.1, 0.15) is 38.1 Å². The molecule has 26 heavy (non-hydrogen) atoms. The molecule has 0 spiro atoms. The Kier molecular flexibility index (Phi) is 4.52. The first-order valence-electron chi connectivity index (χ1n) is 8.59. The Hall–Kier alpha value is -2.77. The fraction of sp³-hybridized carbons (Fsp3) is 0.500. The minimum Gasteiger partial charge on any atom is -0.478 e. The smallest absolute Gasteiger partial charge is 0.410 e. The number of hydrogen-bond donors (Lipinski definition) is 3.